The molecule has 0 radical (unpaired) electrons. The molecule has 1 fully saturated rings. The smallest absolute Gasteiger partial charge is 0.417 e. The third-order valence-electron chi connectivity index (χ3n) is 5.08. The molecule has 3 N–H and O–H groups in total. The van der Waals surface area contributed by atoms with E-state index in [0.29, 0.717) is 9.64 Å². The fourth-order valence-corrected chi connectivity index (χ4v) is 3.61. The fraction of sp³-hybridized carbons (Fsp3) is 0.300. The molecule has 184 valence electrons. The monoisotopic (exact) mass is 603 g/mol. The molecule has 14 heteroatoms. The molecule has 0 spiro atoms. The van der Waals surface area contributed by atoms with Gasteiger partial charge >= 0.3 is 12.1 Å². The molecule has 3 rings (SSSR count). The van der Waals surface area contributed by atoms with Crippen molar-refractivity contribution in [3.05, 3.63) is 50.9 Å². The number of ether oxygens (including phenoxy) is 2. The number of halogens is 7. The maximum absolute atomic E-state index is 14.9. The predicted molar refractivity (Wildman–Crippen MR) is 115 cm³/mol. The summed E-state index contributed by atoms with van der Waals surface area (Å²) in [5, 5.41) is 2.26. The zero-order valence-corrected chi connectivity index (χ0v) is 19.4. The van der Waals surface area contributed by atoms with Crippen molar-refractivity contribution in [1.29, 1.82) is 0 Å². The van der Waals surface area contributed by atoms with Gasteiger partial charge in [-0.1, -0.05) is 0 Å². The molecular weight excluding hydrogens is 587 g/mol. The van der Waals surface area contributed by atoms with E-state index in [1.807, 2.05) is 22.6 Å². The Balaban J connectivity index is 2.07. The topological polar surface area (TPSA) is 93.9 Å². The Hall–Kier alpha value is -2.59. The summed E-state index contributed by atoms with van der Waals surface area (Å²) in [6.07, 6.45) is -5.51. The minimum Gasteiger partial charge on any atom is -0.417 e. The van der Waals surface area contributed by atoms with Crippen LogP contribution in [0.4, 0.5) is 37.7 Å². The van der Waals surface area contributed by atoms with E-state index in [2.05, 4.69) is 10.1 Å². The molecule has 0 bridgehead atoms. The summed E-state index contributed by atoms with van der Waals surface area (Å²) >= 11 is 1.81. The van der Waals surface area contributed by atoms with Crippen LogP contribution in [0.1, 0.15) is 10.4 Å². The third kappa shape index (κ3) is 5.07. The molecule has 1 heterocycles. The quantitative estimate of drug-likeness (QED) is 0.227. The van der Waals surface area contributed by atoms with Crippen LogP contribution < -0.4 is 15.8 Å². The molecule has 1 amide bonds. The number of esters is 1. The van der Waals surface area contributed by atoms with Crippen molar-refractivity contribution in [1.82, 2.24) is 4.90 Å². The van der Waals surface area contributed by atoms with E-state index in [-0.39, 0.29) is 25.3 Å². The summed E-state index contributed by atoms with van der Waals surface area (Å²) in [6.45, 7) is -0.0991. The highest BCUT2D eigenvalue weighted by molar-refractivity contribution is 14.1. The molecule has 2 aromatic rings. The molecule has 0 atom stereocenters. The number of alkyl halides is 3. The van der Waals surface area contributed by atoms with Gasteiger partial charge in [0.25, 0.3) is 5.91 Å². The average Bonchev–Trinajstić information content (AvgIpc) is 2.74. The van der Waals surface area contributed by atoms with Gasteiger partial charge in [-0.25, -0.2) is 13.6 Å². The lowest BCUT2D eigenvalue weighted by molar-refractivity contribution is -0.189. The second-order valence-corrected chi connectivity index (χ2v) is 8.56. The van der Waals surface area contributed by atoms with E-state index in [4.69, 9.17) is 10.5 Å². The number of methoxy groups -OCH3 is 1. The van der Waals surface area contributed by atoms with E-state index in [1.165, 1.54) is 19.2 Å². The van der Waals surface area contributed by atoms with Gasteiger partial charge in [0, 0.05) is 17.2 Å². The Labute approximate surface area is 202 Å². The van der Waals surface area contributed by atoms with Crippen LogP contribution in [-0.2, 0) is 9.53 Å². The maximum Gasteiger partial charge on any atom is 0.491 e. The Kier molecular flexibility index (Phi) is 7.33. The van der Waals surface area contributed by atoms with Crippen molar-refractivity contribution in [2.45, 2.75) is 11.8 Å². The number of amides is 1. The van der Waals surface area contributed by atoms with E-state index < -0.39 is 58.1 Å². The van der Waals surface area contributed by atoms with E-state index in [0.717, 1.165) is 11.0 Å². The summed E-state index contributed by atoms with van der Waals surface area (Å²) < 4.78 is 91.2. The summed E-state index contributed by atoms with van der Waals surface area (Å²) in [7, 11) is 1.35. The van der Waals surface area contributed by atoms with E-state index in [9.17, 15) is 35.9 Å². The van der Waals surface area contributed by atoms with Crippen molar-refractivity contribution in [3.8, 4) is 5.75 Å². The highest BCUT2D eigenvalue weighted by Crippen LogP contribution is 2.36. The van der Waals surface area contributed by atoms with Crippen LogP contribution in [0.5, 0.6) is 5.75 Å². The lowest BCUT2D eigenvalue weighted by Crippen LogP contribution is -2.67. The van der Waals surface area contributed by atoms with Crippen molar-refractivity contribution in [2.75, 3.05) is 32.1 Å². The number of carbonyl (C=O) groups excluding carboxylic acids is 2. The van der Waals surface area contributed by atoms with Gasteiger partial charge in [-0.15, -0.1) is 0 Å². The van der Waals surface area contributed by atoms with Crippen molar-refractivity contribution in [3.63, 3.8) is 0 Å². The minimum absolute atomic E-state index is 0.0263. The van der Waals surface area contributed by atoms with E-state index >= 15 is 0 Å². The Morgan fingerprint density at radius 1 is 1.18 bits per heavy atom. The highest BCUT2D eigenvalue weighted by atomic mass is 127. The first-order valence-corrected chi connectivity index (χ1v) is 10.5. The van der Waals surface area contributed by atoms with Gasteiger partial charge in [-0.3, -0.25) is 4.79 Å². The molecule has 1 aliphatic heterocycles. The number of carbonyl (C=O) groups is 2. The lowest BCUT2D eigenvalue weighted by atomic mass is 9.92. The molecule has 34 heavy (non-hydrogen) atoms. The number of nitrogens with two attached hydrogens (primary N) is 1. The van der Waals surface area contributed by atoms with Crippen LogP contribution in [0.2, 0.25) is 0 Å². The zero-order chi connectivity index (χ0) is 25.4. The minimum atomic E-state index is -5.51. The van der Waals surface area contributed by atoms with Crippen LogP contribution in [0.25, 0.3) is 0 Å². The molecule has 0 aromatic heterocycles. The molecular formula is C20H16F6IN3O4. The summed E-state index contributed by atoms with van der Waals surface area (Å²) in [6, 6.07) is 4.13. The number of rotatable bonds is 6. The van der Waals surface area contributed by atoms with Crippen LogP contribution in [-0.4, -0.2) is 55.3 Å². The van der Waals surface area contributed by atoms with Gasteiger partial charge in [0.05, 0.1) is 30.0 Å². The largest absolute Gasteiger partial charge is 0.491 e. The van der Waals surface area contributed by atoms with Crippen molar-refractivity contribution < 1.29 is 45.4 Å². The van der Waals surface area contributed by atoms with Gasteiger partial charge < -0.3 is 25.4 Å². The number of hydrogen-bond acceptors (Lipinski definition) is 6. The molecule has 0 saturated carbocycles. The van der Waals surface area contributed by atoms with Gasteiger partial charge in [-0.05, 0) is 46.9 Å². The number of anilines is 2. The number of likely N-dealkylation sites (tertiary alicyclic amines) is 1. The standard InChI is InChI=1S/C20H16F6IN3O4/c1-33-19(6-28)7-30(8-19)17(31)10-5-13(34-18(32)20(24,25)26)14(22)15(23)16(10)29-12-3-2-9(27)4-11(12)21/h2-5,29H,6-8,28H2,1H3. The van der Waals surface area contributed by atoms with Crippen LogP contribution in [0.3, 0.4) is 0 Å². The van der Waals surface area contributed by atoms with Crippen LogP contribution in [0, 0.1) is 21.0 Å². The summed E-state index contributed by atoms with van der Waals surface area (Å²) in [5.41, 5.74) is 2.81. The van der Waals surface area contributed by atoms with Gasteiger partial charge in [0.15, 0.2) is 11.6 Å². The fourth-order valence-electron chi connectivity index (χ4n) is 3.16. The Bertz CT molecular complexity index is 1130. The summed E-state index contributed by atoms with van der Waals surface area (Å²) in [5.74, 6) is -9.97. The predicted octanol–water partition coefficient (Wildman–Crippen LogP) is 3.72. The first-order valence-electron chi connectivity index (χ1n) is 9.39. The van der Waals surface area contributed by atoms with Gasteiger partial charge in [0.2, 0.25) is 5.82 Å². The average molecular weight is 603 g/mol. The Morgan fingerprint density at radius 2 is 1.82 bits per heavy atom. The van der Waals surface area contributed by atoms with Crippen LogP contribution in [0.15, 0.2) is 24.3 Å². The number of nitrogens with zero attached hydrogens (tertiary/aromatic N) is 1. The number of hydrogen-bond donors (Lipinski definition) is 2. The van der Waals surface area contributed by atoms with Crippen LogP contribution >= 0.6 is 22.6 Å². The van der Waals surface area contributed by atoms with Crippen molar-refractivity contribution in [2.24, 2.45) is 5.73 Å². The molecule has 0 aliphatic carbocycles. The van der Waals surface area contributed by atoms with Gasteiger partial charge in [-0.2, -0.15) is 17.6 Å². The van der Waals surface area contributed by atoms with Gasteiger partial charge in [0.1, 0.15) is 11.4 Å². The number of nitrogens with one attached hydrogen (secondary N) is 1. The summed E-state index contributed by atoms with van der Waals surface area (Å²) in [4.78, 5) is 25.3. The molecule has 2 aromatic carbocycles. The molecule has 1 saturated heterocycles. The maximum atomic E-state index is 14.9. The van der Waals surface area contributed by atoms with Crippen molar-refractivity contribution >= 4 is 45.8 Å². The number of benzene rings is 2. The SMILES string of the molecule is COC1(CN)CN(C(=O)c2cc(OC(=O)C(F)(F)F)c(F)c(F)c2Nc2ccc(I)cc2F)C1. The normalized spacial score (nSPS) is 15.0. The second kappa shape index (κ2) is 9.58. The van der Waals surface area contributed by atoms with E-state index in [1.54, 1.807) is 0 Å². The third-order valence-corrected chi connectivity index (χ3v) is 5.75. The first-order chi connectivity index (χ1) is 15.8. The zero-order valence-electron chi connectivity index (χ0n) is 17.2. The molecule has 0 unspecified atom stereocenters. The highest BCUT2D eigenvalue weighted by Gasteiger charge is 2.46. The second-order valence-electron chi connectivity index (χ2n) is 7.31. The first kappa shape index (κ1) is 26.0. The molecule has 7 nitrogen and oxygen atoms in total. The lowest BCUT2D eigenvalue weighted by Gasteiger charge is -2.48. The Morgan fingerprint density at radius 3 is 2.35 bits per heavy atom. The molecule has 1 aliphatic rings.